The zero-order chi connectivity index (χ0) is 12.5. The molecule has 0 aliphatic carbocycles. The summed E-state index contributed by atoms with van der Waals surface area (Å²) in [7, 11) is 2.14. The first-order chi connectivity index (χ1) is 8.74. The number of fused-ring (bicyclic) bond motifs is 1. The van der Waals surface area contributed by atoms with Gasteiger partial charge >= 0.3 is 0 Å². The van der Waals surface area contributed by atoms with Gasteiger partial charge in [-0.2, -0.15) is 0 Å². The van der Waals surface area contributed by atoms with E-state index in [1.807, 2.05) is 17.5 Å². The summed E-state index contributed by atoms with van der Waals surface area (Å²) in [6, 6.07) is 0. The Morgan fingerprint density at radius 3 is 2.72 bits per heavy atom. The van der Waals surface area contributed by atoms with Gasteiger partial charge in [-0.05, 0) is 14.0 Å². The molecule has 1 saturated heterocycles. The number of nitrogens with one attached hydrogen (secondary N) is 1. The summed E-state index contributed by atoms with van der Waals surface area (Å²) >= 11 is 0. The second kappa shape index (κ2) is 4.51. The van der Waals surface area contributed by atoms with Crippen molar-refractivity contribution in [2.45, 2.75) is 6.92 Å². The normalized spacial score (nSPS) is 18.3. The quantitative estimate of drug-likeness (QED) is 0.806. The third kappa shape index (κ3) is 2.02. The summed E-state index contributed by atoms with van der Waals surface area (Å²) in [5.74, 6) is 1.64. The molecule has 2 aromatic rings. The van der Waals surface area contributed by atoms with Crippen molar-refractivity contribution < 1.29 is 0 Å². The number of nitrogens with zero attached hydrogens (tertiary/aromatic N) is 6. The summed E-state index contributed by atoms with van der Waals surface area (Å²) in [6.45, 7) is 6.00. The molecule has 0 amide bonds. The standard InChI is InChI=1S/C11H17N7/c1-9-13-14-11-10(12-3-4-18(9)11)15-17-7-5-16(2)6-8-17/h3-4H,5-8H2,1-2H3,(H,12,15). The van der Waals surface area contributed by atoms with Gasteiger partial charge in [0, 0.05) is 38.6 Å². The van der Waals surface area contributed by atoms with Gasteiger partial charge in [-0.1, -0.05) is 0 Å². The first-order valence-corrected chi connectivity index (χ1v) is 6.10. The number of anilines is 1. The highest BCUT2D eigenvalue weighted by molar-refractivity contribution is 5.61. The summed E-state index contributed by atoms with van der Waals surface area (Å²) in [4.78, 5) is 6.66. The van der Waals surface area contributed by atoms with Crippen LogP contribution < -0.4 is 5.43 Å². The van der Waals surface area contributed by atoms with Gasteiger partial charge in [-0.25, -0.2) is 9.99 Å². The van der Waals surface area contributed by atoms with Gasteiger partial charge in [0.1, 0.15) is 5.82 Å². The molecule has 0 bridgehead atoms. The van der Waals surface area contributed by atoms with Gasteiger partial charge < -0.3 is 4.90 Å². The van der Waals surface area contributed by atoms with E-state index in [-0.39, 0.29) is 0 Å². The van der Waals surface area contributed by atoms with Gasteiger partial charge in [-0.15, -0.1) is 10.2 Å². The SMILES string of the molecule is Cc1nnc2c(NN3CCN(C)CC3)nccn12. The minimum absolute atomic E-state index is 0.766. The molecule has 0 unspecified atom stereocenters. The van der Waals surface area contributed by atoms with Crippen LogP contribution in [-0.2, 0) is 0 Å². The van der Waals surface area contributed by atoms with Crippen molar-refractivity contribution in [2.24, 2.45) is 0 Å². The molecule has 7 nitrogen and oxygen atoms in total. The van der Waals surface area contributed by atoms with Gasteiger partial charge in [-0.3, -0.25) is 9.83 Å². The number of rotatable bonds is 2. The molecule has 0 saturated carbocycles. The van der Waals surface area contributed by atoms with Crippen LogP contribution in [0.2, 0.25) is 0 Å². The summed E-state index contributed by atoms with van der Waals surface area (Å²) in [5.41, 5.74) is 4.10. The molecule has 2 aromatic heterocycles. The number of hydrazine groups is 1. The van der Waals surface area contributed by atoms with Crippen molar-refractivity contribution in [3.63, 3.8) is 0 Å². The second-order valence-corrected chi connectivity index (χ2v) is 4.62. The predicted octanol–water partition coefficient (Wildman–Crippen LogP) is 0.00702. The minimum atomic E-state index is 0.766. The Morgan fingerprint density at radius 2 is 1.94 bits per heavy atom. The Labute approximate surface area is 105 Å². The number of hydrogen-bond donors (Lipinski definition) is 1. The van der Waals surface area contributed by atoms with Crippen molar-refractivity contribution in [2.75, 3.05) is 38.7 Å². The number of likely N-dealkylation sites (N-methyl/N-ethyl adjacent to an activating group) is 1. The maximum absolute atomic E-state index is 4.34. The van der Waals surface area contributed by atoms with Crippen molar-refractivity contribution in [3.05, 3.63) is 18.2 Å². The van der Waals surface area contributed by atoms with Crippen LogP contribution in [0.15, 0.2) is 12.4 Å². The fraction of sp³-hybridized carbons (Fsp3) is 0.545. The third-order valence-electron chi connectivity index (χ3n) is 3.26. The molecular formula is C11H17N7. The fourth-order valence-corrected chi connectivity index (χ4v) is 2.09. The lowest BCUT2D eigenvalue weighted by Crippen LogP contribution is -2.47. The van der Waals surface area contributed by atoms with E-state index in [2.05, 4.69) is 37.6 Å². The lowest BCUT2D eigenvalue weighted by atomic mass is 10.4. The van der Waals surface area contributed by atoms with Gasteiger partial charge in [0.05, 0.1) is 0 Å². The molecule has 18 heavy (non-hydrogen) atoms. The van der Waals surface area contributed by atoms with Gasteiger partial charge in [0.2, 0.25) is 5.65 Å². The van der Waals surface area contributed by atoms with E-state index in [0.29, 0.717) is 0 Å². The minimum Gasteiger partial charge on any atom is -0.304 e. The topological polar surface area (TPSA) is 61.6 Å². The maximum Gasteiger partial charge on any atom is 0.205 e. The molecule has 96 valence electrons. The molecule has 7 heteroatoms. The van der Waals surface area contributed by atoms with Crippen LogP contribution in [0, 0.1) is 6.92 Å². The van der Waals surface area contributed by atoms with Crippen LogP contribution >= 0.6 is 0 Å². The molecular weight excluding hydrogens is 230 g/mol. The van der Waals surface area contributed by atoms with E-state index in [4.69, 9.17) is 0 Å². The van der Waals surface area contributed by atoms with Crippen LogP contribution in [0.1, 0.15) is 5.82 Å². The Kier molecular flexibility index (Phi) is 2.85. The summed E-state index contributed by atoms with van der Waals surface area (Å²) in [6.07, 6.45) is 3.64. The highest BCUT2D eigenvalue weighted by atomic mass is 15.5. The van der Waals surface area contributed by atoms with Gasteiger partial charge in [0.25, 0.3) is 0 Å². The monoisotopic (exact) mass is 247 g/mol. The van der Waals surface area contributed by atoms with Crippen molar-refractivity contribution in [1.29, 1.82) is 0 Å². The lowest BCUT2D eigenvalue weighted by Gasteiger charge is -2.32. The van der Waals surface area contributed by atoms with Crippen LogP contribution in [0.5, 0.6) is 0 Å². The van der Waals surface area contributed by atoms with Crippen LogP contribution in [0.25, 0.3) is 5.65 Å². The Balaban J connectivity index is 1.82. The van der Waals surface area contributed by atoms with E-state index in [1.165, 1.54) is 0 Å². The first-order valence-electron chi connectivity index (χ1n) is 6.10. The molecule has 3 heterocycles. The van der Waals surface area contributed by atoms with Crippen LogP contribution in [0.3, 0.4) is 0 Å². The zero-order valence-corrected chi connectivity index (χ0v) is 10.7. The molecule has 0 spiro atoms. The Morgan fingerprint density at radius 1 is 1.17 bits per heavy atom. The fourth-order valence-electron chi connectivity index (χ4n) is 2.09. The number of hydrogen-bond acceptors (Lipinski definition) is 6. The largest absolute Gasteiger partial charge is 0.304 e. The number of aryl methyl sites for hydroxylation is 1. The smallest absolute Gasteiger partial charge is 0.205 e. The highest BCUT2D eigenvalue weighted by Gasteiger charge is 2.16. The predicted molar refractivity (Wildman–Crippen MR) is 68.2 cm³/mol. The maximum atomic E-state index is 4.34. The Bertz CT molecular complexity index is 541. The molecule has 0 radical (unpaired) electrons. The average Bonchev–Trinajstić information content (AvgIpc) is 2.76. The van der Waals surface area contributed by atoms with Crippen molar-refractivity contribution >= 4 is 11.5 Å². The van der Waals surface area contributed by atoms with Crippen LogP contribution in [-0.4, -0.2) is 62.7 Å². The van der Waals surface area contributed by atoms with Crippen molar-refractivity contribution in [1.82, 2.24) is 29.5 Å². The van der Waals surface area contributed by atoms with Crippen molar-refractivity contribution in [3.8, 4) is 0 Å². The van der Waals surface area contributed by atoms with Gasteiger partial charge in [0.15, 0.2) is 5.82 Å². The third-order valence-corrected chi connectivity index (χ3v) is 3.26. The Hall–Kier alpha value is -1.73. The van der Waals surface area contributed by atoms with E-state index < -0.39 is 0 Å². The van der Waals surface area contributed by atoms with Crippen LogP contribution in [0.4, 0.5) is 5.82 Å². The molecule has 3 rings (SSSR count). The molecule has 1 aliphatic rings. The van der Waals surface area contributed by atoms with E-state index in [0.717, 1.165) is 43.5 Å². The van der Waals surface area contributed by atoms with E-state index in [9.17, 15) is 0 Å². The number of aromatic nitrogens is 4. The molecule has 1 N–H and O–H groups in total. The molecule has 0 atom stereocenters. The summed E-state index contributed by atoms with van der Waals surface area (Å²) in [5, 5.41) is 10.4. The zero-order valence-electron chi connectivity index (χ0n) is 10.7. The highest BCUT2D eigenvalue weighted by Crippen LogP contribution is 2.13. The molecule has 0 aromatic carbocycles. The summed E-state index contributed by atoms with van der Waals surface area (Å²) < 4.78 is 1.94. The second-order valence-electron chi connectivity index (χ2n) is 4.62. The lowest BCUT2D eigenvalue weighted by molar-refractivity contribution is 0.178. The van der Waals surface area contributed by atoms with E-state index in [1.54, 1.807) is 6.20 Å². The number of piperazine rings is 1. The molecule has 1 aliphatic heterocycles. The van der Waals surface area contributed by atoms with E-state index >= 15 is 0 Å². The average molecular weight is 247 g/mol. The first kappa shape index (κ1) is 11.4. The molecule has 1 fully saturated rings.